The molecule has 0 unspecified atom stereocenters. The van der Waals surface area contributed by atoms with Crippen LogP contribution in [0.5, 0.6) is 0 Å². The highest BCUT2D eigenvalue weighted by Gasteiger charge is 2.33. The fraction of sp³-hybridized carbons (Fsp3) is 0.464. The van der Waals surface area contributed by atoms with Gasteiger partial charge >= 0.3 is 12.1 Å². The number of rotatable bonds is 5. The van der Waals surface area contributed by atoms with E-state index in [1.807, 2.05) is 18.2 Å². The number of carbonyl (C=O) groups is 2. The van der Waals surface area contributed by atoms with E-state index in [-0.39, 0.29) is 24.0 Å². The summed E-state index contributed by atoms with van der Waals surface area (Å²) in [6, 6.07) is 12.2. The molecule has 2 aliphatic rings. The summed E-state index contributed by atoms with van der Waals surface area (Å²) in [5, 5.41) is 10.5. The van der Waals surface area contributed by atoms with Gasteiger partial charge in [-0.15, -0.1) is 0 Å². The molecule has 7 nitrogen and oxygen atoms in total. The first-order chi connectivity index (χ1) is 17.4. The molecule has 1 aromatic heterocycles. The van der Waals surface area contributed by atoms with Gasteiger partial charge in [0.25, 0.3) is 0 Å². The Morgan fingerprint density at radius 2 is 2.03 bits per heavy atom. The first kappa shape index (κ1) is 24.6. The van der Waals surface area contributed by atoms with Crippen LogP contribution in [-0.4, -0.2) is 45.3 Å². The predicted molar refractivity (Wildman–Crippen MR) is 138 cm³/mol. The molecule has 3 aromatic rings. The van der Waals surface area contributed by atoms with Crippen LogP contribution in [0.15, 0.2) is 36.4 Å². The summed E-state index contributed by atoms with van der Waals surface area (Å²) >= 11 is 6.51. The minimum Gasteiger partial charge on any atom is -0.481 e. The van der Waals surface area contributed by atoms with Crippen LogP contribution in [-0.2, 0) is 28.9 Å². The Bertz CT molecular complexity index is 1300. The zero-order valence-electron chi connectivity index (χ0n) is 20.7. The lowest BCUT2D eigenvalue weighted by atomic mass is 9.81. The molecule has 1 amide bonds. The van der Waals surface area contributed by atoms with Gasteiger partial charge in [0.2, 0.25) is 0 Å². The molecule has 0 radical (unpaired) electrons. The first-order valence-corrected chi connectivity index (χ1v) is 13.1. The smallest absolute Gasteiger partial charge is 0.409 e. The van der Waals surface area contributed by atoms with Crippen molar-refractivity contribution in [3.8, 4) is 0 Å². The highest BCUT2D eigenvalue weighted by molar-refractivity contribution is 6.31. The third-order valence-corrected chi connectivity index (χ3v) is 8.20. The Morgan fingerprint density at radius 1 is 1.22 bits per heavy atom. The minimum absolute atomic E-state index is 0.0634. The number of hydrogen-bond acceptors (Lipinski definition) is 4. The molecule has 5 rings (SSSR count). The number of aliphatic carboxylic acids is 1. The second kappa shape index (κ2) is 10.1. The molecule has 8 heteroatoms. The average molecular weight is 510 g/mol. The molecule has 1 aliphatic carbocycles. The van der Waals surface area contributed by atoms with Crippen molar-refractivity contribution in [2.75, 3.05) is 13.7 Å². The Labute approximate surface area is 216 Å². The van der Waals surface area contributed by atoms with Crippen molar-refractivity contribution >= 4 is 34.7 Å². The van der Waals surface area contributed by atoms with Crippen LogP contribution in [0.3, 0.4) is 0 Å². The number of fused-ring (bicyclic) bond motifs is 3. The predicted octanol–water partition coefficient (Wildman–Crippen LogP) is 5.98. The van der Waals surface area contributed by atoms with Crippen molar-refractivity contribution < 1.29 is 19.4 Å². The molecule has 0 saturated heterocycles. The second-order valence-electron chi connectivity index (χ2n) is 10.1. The standard InChI is InChI=1S/C28H32ClN3O4/c1-17(14-19-6-3-4-9-23(19)29)32-24-11-10-18-12-13-31(28(35)36-2)16-22(18)25(24)30-26(32)20-7-5-8-21(15-20)27(33)34/h3-4,6,9-11,17,20-21H,5,7-8,12-16H2,1-2H3,(H,33,34)/t17-,20-,21-/m1/s1. The van der Waals surface area contributed by atoms with Crippen molar-refractivity contribution in [1.29, 1.82) is 0 Å². The number of halogens is 1. The zero-order valence-corrected chi connectivity index (χ0v) is 21.5. The van der Waals surface area contributed by atoms with E-state index in [0.717, 1.165) is 58.7 Å². The van der Waals surface area contributed by atoms with Crippen LogP contribution >= 0.6 is 11.6 Å². The lowest BCUT2D eigenvalue weighted by molar-refractivity contribution is -0.143. The summed E-state index contributed by atoms with van der Waals surface area (Å²) in [5.41, 5.74) is 5.25. The van der Waals surface area contributed by atoms with Gasteiger partial charge in [0, 0.05) is 29.1 Å². The first-order valence-electron chi connectivity index (χ1n) is 12.7. The summed E-state index contributed by atoms with van der Waals surface area (Å²) in [5.74, 6) is -0.0619. The van der Waals surface area contributed by atoms with E-state index < -0.39 is 5.97 Å². The molecule has 190 valence electrons. The van der Waals surface area contributed by atoms with Crippen LogP contribution in [0.1, 0.15) is 67.1 Å². The molecule has 1 saturated carbocycles. The van der Waals surface area contributed by atoms with Crippen molar-refractivity contribution in [1.82, 2.24) is 14.5 Å². The molecule has 1 aliphatic heterocycles. The Kier molecular flexibility index (Phi) is 6.93. The van der Waals surface area contributed by atoms with E-state index in [1.165, 1.54) is 12.7 Å². The molecule has 2 heterocycles. The maximum absolute atomic E-state index is 12.3. The summed E-state index contributed by atoms with van der Waals surface area (Å²) in [6.45, 7) is 3.24. The number of aromatic nitrogens is 2. The molecule has 36 heavy (non-hydrogen) atoms. The van der Waals surface area contributed by atoms with Crippen LogP contribution in [0, 0.1) is 5.92 Å². The Morgan fingerprint density at radius 3 is 2.78 bits per heavy atom. The fourth-order valence-electron chi connectivity index (χ4n) is 5.97. The van der Waals surface area contributed by atoms with Gasteiger partial charge in [0.1, 0.15) is 5.82 Å². The van der Waals surface area contributed by atoms with Crippen molar-refractivity contribution in [3.63, 3.8) is 0 Å². The second-order valence-corrected chi connectivity index (χ2v) is 10.5. The number of amides is 1. The van der Waals surface area contributed by atoms with E-state index >= 15 is 0 Å². The van der Waals surface area contributed by atoms with E-state index in [0.29, 0.717) is 25.9 Å². The topological polar surface area (TPSA) is 84.7 Å². The SMILES string of the molecule is COC(=O)N1CCc2ccc3c(nc([C@@H]4CCC[C@@H](C(=O)O)C4)n3[C@H](C)Cc3ccccc3Cl)c2C1. The van der Waals surface area contributed by atoms with Gasteiger partial charge in [-0.05, 0) is 62.3 Å². The number of hydrogen-bond donors (Lipinski definition) is 1. The van der Waals surface area contributed by atoms with E-state index in [2.05, 4.69) is 29.7 Å². The molecule has 1 fully saturated rings. The van der Waals surface area contributed by atoms with Crippen molar-refractivity contribution in [3.05, 3.63) is 63.9 Å². The number of benzene rings is 2. The van der Waals surface area contributed by atoms with Crippen LogP contribution in [0.2, 0.25) is 5.02 Å². The fourth-order valence-corrected chi connectivity index (χ4v) is 6.18. The molecule has 0 spiro atoms. The summed E-state index contributed by atoms with van der Waals surface area (Å²) in [6.07, 6.45) is 4.25. The zero-order chi connectivity index (χ0) is 25.4. The Hall–Kier alpha value is -3.06. The van der Waals surface area contributed by atoms with Gasteiger partial charge in [-0.2, -0.15) is 0 Å². The monoisotopic (exact) mass is 509 g/mol. The van der Waals surface area contributed by atoms with Crippen molar-refractivity contribution in [2.45, 2.75) is 64.0 Å². The quantitative estimate of drug-likeness (QED) is 0.457. The third-order valence-electron chi connectivity index (χ3n) is 7.83. The number of carbonyl (C=O) groups excluding carboxylic acids is 1. The van der Waals surface area contributed by atoms with E-state index in [9.17, 15) is 14.7 Å². The maximum Gasteiger partial charge on any atom is 0.409 e. The number of ether oxygens (including phenoxy) is 1. The van der Waals surface area contributed by atoms with Crippen LogP contribution in [0.25, 0.3) is 11.0 Å². The number of carboxylic acids is 1. The van der Waals surface area contributed by atoms with Gasteiger partial charge < -0.3 is 19.3 Å². The summed E-state index contributed by atoms with van der Waals surface area (Å²) in [4.78, 5) is 31.0. The van der Waals surface area contributed by atoms with Crippen LogP contribution < -0.4 is 0 Å². The molecular weight excluding hydrogens is 478 g/mol. The lowest BCUT2D eigenvalue weighted by Crippen LogP contribution is -2.35. The normalized spacial score (nSPS) is 20.7. The lowest BCUT2D eigenvalue weighted by Gasteiger charge is -2.29. The van der Waals surface area contributed by atoms with Crippen molar-refractivity contribution in [2.24, 2.45) is 5.92 Å². The molecule has 1 N–H and O–H groups in total. The number of methoxy groups -OCH3 is 1. The summed E-state index contributed by atoms with van der Waals surface area (Å²) in [7, 11) is 1.41. The van der Waals surface area contributed by atoms with E-state index in [1.54, 1.807) is 4.90 Å². The minimum atomic E-state index is -0.724. The van der Waals surface area contributed by atoms with Gasteiger partial charge in [0.05, 0.1) is 30.6 Å². The van der Waals surface area contributed by atoms with Gasteiger partial charge in [-0.25, -0.2) is 9.78 Å². The summed E-state index contributed by atoms with van der Waals surface area (Å²) < 4.78 is 7.28. The van der Waals surface area contributed by atoms with Gasteiger partial charge in [-0.1, -0.05) is 42.3 Å². The Balaban J connectivity index is 1.61. The van der Waals surface area contributed by atoms with Gasteiger partial charge in [0.15, 0.2) is 0 Å². The molecular formula is C28H32ClN3O4. The van der Waals surface area contributed by atoms with E-state index in [4.69, 9.17) is 21.3 Å². The number of nitrogens with zero attached hydrogens (tertiary/aromatic N) is 3. The highest BCUT2D eigenvalue weighted by Crippen LogP contribution is 2.40. The van der Waals surface area contributed by atoms with Crippen LogP contribution in [0.4, 0.5) is 4.79 Å². The van der Waals surface area contributed by atoms with Gasteiger partial charge in [-0.3, -0.25) is 4.79 Å². The largest absolute Gasteiger partial charge is 0.481 e. The molecule has 0 bridgehead atoms. The molecule has 3 atom stereocenters. The highest BCUT2D eigenvalue weighted by atomic mass is 35.5. The number of carboxylic acid groups (broad SMARTS) is 1. The molecule has 2 aromatic carbocycles. The number of imidazole rings is 1. The third kappa shape index (κ3) is 4.57. The average Bonchev–Trinajstić information content (AvgIpc) is 3.29. The maximum atomic E-state index is 12.3.